The van der Waals surface area contributed by atoms with Crippen molar-refractivity contribution in [1.82, 2.24) is 4.98 Å². The van der Waals surface area contributed by atoms with Crippen LogP contribution in [0.4, 0.5) is 5.69 Å². The molecule has 1 heterocycles. The van der Waals surface area contributed by atoms with Gasteiger partial charge >= 0.3 is 5.97 Å². The molecule has 0 bridgehead atoms. The number of nitrogens with one attached hydrogen (secondary N) is 1. The third-order valence-electron chi connectivity index (χ3n) is 3.34. The molecule has 2 N–H and O–H groups in total. The first kappa shape index (κ1) is 15.6. The third-order valence-corrected chi connectivity index (χ3v) is 3.97. The number of carboxylic acid groups (broad SMARTS) is 1. The normalized spacial score (nSPS) is 13.9. The van der Waals surface area contributed by atoms with Gasteiger partial charge in [-0.15, -0.1) is 0 Å². The van der Waals surface area contributed by atoms with E-state index in [1.165, 1.54) is 0 Å². The summed E-state index contributed by atoms with van der Waals surface area (Å²) in [6.45, 7) is 5.18. The fourth-order valence-electron chi connectivity index (χ4n) is 1.53. The molecule has 19 heavy (non-hydrogen) atoms. The molecule has 104 valence electrons. The van der Waals surface area contributed by atoms with E-state index in [9.17, 15) is 14.7 Å². The van der Waals surface area contributed by atoms with Gasteiger partial charge in [0, 0.05) is 18.8 Å². The van der Waals surface area contributed by atoms with Crippen molar-refractivity contribution in [1.29, 1.82) is 0 Å². The molecule has 0 aliphatic rings. The lowest BCUT2D eigenvalue weighted by Crippen LogP contribution is -2.37. The van der Waals surface area contributed by atoms with Gasteiger partial charge in [-0.05, 0) is 34.8 Å². The molecular weight excluding hydrogens is 312 g/mol. The Hall–Kier alpha value is -1.43. The first-order valence-corrected chi connectivity index (χ1v) is 6.69. The highest BCUT2D eigenvalue weighted by molar-refractivity contribution is 9.10. The molecule has 6 heteroatoms. The van der Waals surface area contributed by atoms with E-state index in [2.05, 4.69) is 26.2 Å². The maximum atomic E-state index is 12.0. The van der Waals surface area contributed by atoms with E-state index in [0.717, 1.165) is 0 Å². The summed E-state index contributed by atoms with van der Waals surface area (Å²) in [5.41, 5.74) is -0.500. The van der Waals surface area contributed by atoms with Crippen molar-refractivity contribution < 1.29 is 14.7 Å². The molecule has 0 aliphatic carbocycles. The predicted molar refractivity (Wildman–Crippen MR) is 75.8 cm³/mol. The lowest BCUT2D eigenvalue weighted by molar-refractivity contribution is -0.153. The summed E-state index contributed by atoms with van der Waals surface area (Å²) in [6, 6.07) is 1.65. The highest BCUT2D eigenvalue weighted by atomic mass is 79.9. The number of halogens is 1. The summed E-state index contributed by atoms with van der Waals surface area (Å²) < 4.78 is 0.657. The van der Waals surface area contributed by atoms with Gasteiger partial charge in [-0.2, -0.15) is 0 Å². The number of rotatable bonds is 5. The predicted octanol–water partition coefficient (Wildman–Crippen LogP) is 2.92. The van der Waals surface area contributed by atoms with Crippen LogP contribution in [0.25, 0.3) is 0 Å². The zero-order valence-electron chi connectivity index (χ0n) is 11.1. The van der Waals surface area contributed by atoms with Crippen molar-refractivity contribution in [3.8, 4) is 0 Å². The van der Waals surface area contributed by atoms with Crippen LogP contribution in [-0.2, 0) is 9.59 Å². The molecule has 1 aromatic heterocycles. The monoisotopic (exact) mass is 328 g/mol. The standard InChI is InChI=1S/C13H17BrN2O3/c1-8(2)13(3,12(18)19)6-11(17)16-10-4-5-15-7-9(10)14/h4-5,7-8H,6H2,1-3H3,(H,18,19)(H,15,16,17). The number of pyridine rings is 1. The SMILES string of the molecule is CC(C)C(C)(CC(=O)Nc1ccncc1Br)C(=O)O. The van der Waals surface area contributed by atoms with Gasteiger partial charge in [0.05, 0.1) is 15.6 Å². The number of hydrogen-bond donors (Lipinski definition) is 2. The zero-order valence-corrected chi connectivity index (χ0v) is 12.7. The Kier molecular flexibility index (Phi) is 5.05. The second kappa shape index (κ2) is 6.14. The molecule has 0 radical (unpaired) electrons. The number of aliphatic carboxylic acids is 1. The van der Waals surface area contributed by atoms with Crippen LogP contribution in [0.2, 0.25) is 0 Å². The van der Waals surface area contributed by atoms with Gasteiger partial charge in [0.2, 0.25) is 5.91 Å². The lowest BCUT2D eigenvalue weighted by atomic mass is 9.76. The molecule has 0 saturated heterocycles. The average Bonchev–Trinajstić information content (AvgIpc) is 2.31. The first-order chi connectivity index (χ1) is 8.77. The number of nitrogens with zero attached hydrogens (tertiary/aromatic N) is 1. The Morgan fingerprint density at radius 2 is 2.16 bits per heavy atom. The van der Waals surface area contributed by atoms with Crippen LogP contribution in [0, 0.1) is 11.3 Å². The molecule has 1 rings (SSSR count). The van der Waals surface area contributed by atoms with Crippen LogP contribution in [0.3, 0.4) is 0 Å². The van der Waals surface area contributed by atoms with E-state index in [4.69, 9.17) is 0 Å². The minimum Gasteiger partial charge on any atom is -0.481 e. The summed E-state index contributed by atoms with van der Waals surface area (Å²) in [5.74, 6) is -1.44. The number of amides is 1. The van der Waals surface area contributed by atoms with Gasteiger partial charge in [-0.25, -0.2) is 0 Å². The smallest absolute Gasteiger partial charge is 0.310 e. The van der Waals surface area contributed by atoms with E-state index in [1.54, 1.807) is 39.2 Å². The molecular formula is C13H17BrN2O3. The third kappa shape index (κ3) is 3.76. The van der Waals surface area contributed by atoms with Gasteiger partial charge in [0.15, 0.2) is 0 Å². The summed E-state index contributed by atoms with van der Waals surface area (Å²) in [7, 11) is 0. The Morgan fingerprint density at radius 3 is 2.63 bits per heavy atom. The highest BCUT2D eigenvalue weighted by Gasteiger charge is 2.38. The fraction of sp³-hybridized carbons (Fsp3) is 0.462. The molecule has 0 spiro atoms. The van der Waals surface area contributed by atoms with E-state index < -0.39 is 11.4 Å². The summed E-state index contributed by atoms with van der Waals surface area (Å²) in [4.78, 5) is 27.2. The Morgan fingerprint density at radius 1 is 1.53 bits per heavy atom. The Labute approximate surface area is 120 Å². The number of hydrogen-bond acceptors (Lipinski definition) is 3. The van der Waals surface area contributed by atoms with Crippen molar-refractivity contribution in [2.75, 3.05) is 5.32 Å². The molecule has 1 aromatic rings. The maximum absolute atomic E-state index is 12.0. The van der Waals surface area contributed by atoms with Gasteiger partial charge in [0.1, 0.15) is 0 Å². The molecule has 0 aromatic carbocycles. The number of aromatic nitrogens is 1. The fourth-order valence-corrected chi connectivity index (χ4v) is 1.88. The Bertz CT molecular complexity index is 491. The summed E-state index contributed by atoms with van der Waals surface area (Å²) >= 11 is 3.27. The zero-order chi connectivity index (χ0) is 14.6. The van der Waals surface area contributed by atoms with Crippen molar-refractivity contribution in [2.24, 2.45) is 11.3 Å². The largest absolute Gasteiger partial charge is 0.481 e. The van der Waals surface area contributed by atoms with Crippen molar-refractivity contribution >= 4 is 33.5 Å². The first-order valence-electron chi connectivity index (χ1n) is 5.90. The lowest BCUT2D eigenvalue weighted by Gasteiger charge is -2.28. The van der Waals surface area contributed by atoms with Crippen molar-refractivity contribution in [2.45, 2.75) is 27.2 Å². The van der Waals surface area contributed by atoms with Crippen LogP contribution in [0.5, 0.6) is 0 Å². The molecule has 1 atom stereocenters. The number of anilines is 1. The van der Waals surface area contributed by atoms with Crippen LogP contribution in [0.1, 0.15) is 27.2 Å². The van der Waals surface area contributed by atoms with E-state index >= 15 is 0 Å². The Balaban J connectivity index is 2.80. The van der Waals surface area contributed by atoms with Gasteiger partial charge < -0.3 is 10.4 Å². The quantitative estimate of drug-likeness (QED) is 0.870. The topological polar surface area (TPSA) is 79.3 Å². The van der Waals surface area contributed by atoms with E-state index in [-0.39, 0.29) is 18.2 Å². The second-order valence-corrected chi connectivity index (χ2v) is 5.81. The minimum atomic E-state index is -1.08. The molecule has 0 saturated carbocycles. The molecule has 0 fully saturated rings. The molecule has 5 nitrogen and oxygen atoms in total. The van der Waals surface area contributed by atoms with Crippen molar-refractivity contribution in [3.05, 3.63) is 22.9 Å². The molecule has 0 aliphatic heterocycles. The van der Waals surface area contributed by atoms with Gasteiger partial charge in [-0.3, -0.25) is 14.6 Å². The van der Waals surface area contributed by atoms with Crippen LogP contribution < -0.4 is 5.32 Å². The van der Waals surface area contributed by atoms with E-state index in [0.29, 0.717) is 10.2 Å². The van der Waals surface area contributed by atoms with Gasteiger partial charge in [0.25, 0.3) is 0 Å². The van der Waals surface area contributed by atoms with Gasteiger partial charge in [-0.1, -0.05) is 13.8 Å². The minimum absolute atomic E-state index is 0.0746. The summed E-state index contributed by atoms with van der Waals surface area (Å²) in [5, 5.41) is 12.0. The highest BCUT2D eigenvalue weighted by Crippen LogP contribution is 2.32. The second-order valence-electron chi connectivity index (χ2n) is 4.96. The average molecular weight is 329 g/mol. The number of carbonyl (C=O) groups excluding carboxylic acids is 1. The maximum Gasteiger partial charge on any atom is 0.310 e. The molecule has 1 unspecified atom stereocenters. The van der Waals surface area contributed by atoms with Crippen molar-refractivity contribution in [3.63, 3.8) is 0 Å². The van der Waals surface area contributed by atoms with Crippen LogP contribution in [0.15, 0.2) is 22.9 Å². The van der Waals surface area contributed by atoms with Crippen LogP contribution in [-0.4, -0.2) is 22.0 Å². The number of carbonyl (C=O) groups is 2. The van der Waals surface area contributed by atoms with Crippen LogP contribution >= 0.6 is 15.9 Å². The summed E-state index contributed by atoms with van der Waals surface area (Å²) in [6.07, 6.45) is 3.04. The number of carboxylic acids is 1. The van der Waals surface area contributed by atoms with E-state index in [1.807, 2.05) is 0 Å². The molecule has 1 amide bonds.